The van der Waals surface area contributed by atoms with Gasteiger partial charge in [0.2, 0.25) is 17.7 Å². The van der Waals surface area contributed by atoms with Crippen molar-refractivity contribution in [3.63, 3.8) is 0 Å². The molecule has 6 rings (SSSR count). The van der Waals surface area contributed by atoms with Gasteiger partial charge in [0.05, 0.1) is 17.9 Å². The molecule has 4 aliphatic rings. The second-order valence-corrected chi connectivity index (χ2v) is 12.1. The van der Waals surface area contributed by atoms with E-state index in [0.717, 1.165) is 32.1 Å². The number of carbonyl (C=O) groups is 3. The second kappa shape index (κ2) is 11.0. The van der Waals surface area contributed by atoms with E-state index in [4.69, 9.17) is 16.3 Å². The number of amides is 3. The van der Waals surface area contributed by atoms with E-state index in [-0.39, 0.29) is 29.8 Å². The molecule has 4 unspecified atom stereocenters. The minimum atomic E-state index is -1.16. The summed E-state index contributed by atoms with van der Waals surface area (Å²) >= 11 is 6.01. The molecular formula is C32H36ClN3O4. The van der Waals surface area contributed by atoms with Crippen molar-refractivity contribution in [3.8, 4) is 0 Å². The molecule has 0 radical (unpaired) electrons. The van der Waals surface area contributed by atoms with E-state index in [2.05, 4.69) is 22.8 Å². The lowest BCUT2D eigenvalue weighted by Gasteiger charge is -2.36. The van der Waals surface area contributed by atoms with E-state index in [0.29, 0.717) is 17.1 Å². The number of hydrogen-bond acceptors (Lipinski definition) is 4. The van der Waals surface area contributed by atoms with Gasteiger partial charge in [0.15, 0.2) is 0 Å². The number of rotatable bonds is 8. The molecule has 1 aliphatic carbocycles. The van der Waals surface area contributed by atoms with Gasteiger partial charge in [-0.25, -0.2) is 0 Å². The lowest BCUT2D eigenvalue weighted by molar-refractivity contribution is -0.143. The third-order valence-electron chi connectivity index (χ3n) is 9.09. The van der Waals surface area contributed by atoms with Crippen molar-refractivity contribution in [2.45, 2.75) is 81.7 Å². The molecule has 7 nitrogen and oxygen atoms in total. The number of halogens is 1. The van der Waals surface area contributed by atoms with E-state index in [1.54, 1.807) is 29.2 Å². The van der Waals surface area contributed by atoms with E-state index in [9.17, 15) is 14.4 Å². The van der Waals surface area contributed by atoms with Gasteiger partial charge in [-0.2, -0.15) is 0 Å². The van der Waals surface area contributed by atoms with Crippen molar-refractivity contribution in [2.75, 3.05) is 5.32 Å². The zero-order valence-corrected chi connectivity index (χ0v) is 23.5. The maximum absolute atomic E-state index is 14.3. The van der Waals surface area contributed by atoms with Gasteiger partial charge in [0.1, 0.15) is 11.6 Å². The molecule has 0 aromatic heterocycles. The number of ether oxygens (including phenoxy) is 1. The molecule has 2 aromatic rings. The predicted molar refractivity (Wildman–Crippen MR) is 154 cm³/mol. The van der Waals surface area contributed by atoms with E-state index >= 15 is 0 Å². The van der Waals surface area contributed by atoms with Gasteiger partial charge in [-0.05, 0) is 62.4 Å². The van der Waals surface area contributed by atoms with Crippen LogP contribution in [-0.4, -0.2) is 52.5 Å². The Kier molecular flexibility index (Phi) is 7.44. The molecule has 3 amide bonds. The van der Waals surface area contributed by atoms with Crippen molar-refractivity contribution in [3.05, 3.63) is 77.3 Å². The minimum absolute atomic E-state index is 0.0971. The zero-order valence-electron chi connectivity index (χ0n) is 22.7. The number of nitrogens with one attached hydrogen (secondary N) is 2. The Labute approximate surface area is 240 Å². The summed E-state index contributed by atoms with van der Waals surface area (Å²) < 4.78 is 6.49. The lowest BCUT2D eigenvalue weighted by Crippen LogP contribution is -2.58. The number of likely N-dealkylation sites (tertiary alicyclic amines) is 1. The summed E-state index contributed by atoms with van der Waals surface area (Å²) in [6, 6.07) is 16.1. The van der Waals surface area contributed by atoms with E-state index in [1.807, 2.05) is 37.3 Å². The molecule has 1 spiro atoms. The number of aryl methyl sites for hydroxylation is 1. The summed E-state index contributed by atoms with van der Waals surface area (Å²) in [6.45, 7) is 2.00. The van der Waals surface area contributed by atoms with Crippen molar-refractivity contribution >= 4 is 35.0 Å². The number of carbonyl (C=O) groups excluding carboxylic acids is 3. The van der Waals surface area contributed by atoms with Gasteiger partial charge in [0.25, 0.3) is 0 Å². The summed E-state index contributed by atoms with van der Waals surface area (Å²) in [5.41, 5.74) is 0.615. The van der Waals surface area contributed by atoms with Crippen LogP contribution in [0.1, 0.15) is 51.0 Å². The van der Waals surface area contributed by atoms with Crippen LogP contribution >= 0.6 is 11.6 Å². The zero-order chi connectivity index (χ0) is 27.9. The summed E-state index contributed by atoms with van der Waals surface area (Å²) in [4.78, 5) is 43.7. The quantitative estimate of drug-likeness (QED) is 0.449. The van der Waals surface area contributed by atoms with Crippen LogP contribution in [0.2, 0.25) is 5.02 Å². The lowest BCUT2D eigenvalue weighted by atomic mass is 9.74. The standard InChI is InChI=1S/C32H36ClN3O4/c1-20(12-13-21-8-4-2-5-9-21)36-28(30(38)35-23-10-6-3-7-11-23)32-19-18-25(40-32)26(27(32)31(36)39)29(37)34-24-16-14-22(33)15-17-24/h2,4-5,8-9,14-20,23,25-28H,3,6-7,10-13H2,1H3,(H,34,37)(H,35,38)/t20?,25-,26?,27-,28?,32?/m0/s1. The molecule has 40 heavy (non-hydrogen) atoms. The first-order valence-corrected chi connectivity index (χ1v) is 14.9. The number of fused-ring (bicyclic) bond motifs is 1. The Balaban J connectivity index is 1.29. The summed E-state index contributed by atoms with van der Waals surface area (Å²) in [7, 11) is 0. The summed E-state index contributed by atoms with van der Waals surface area (Å²) in [6.07, 6.45) is 9.89. The second-order valence-electron chi connectivity index (χ2n) is 11.7. The van der Waals surface area contributed by atoms with Crippen molar-refractivity contribution < 1.29 is 19.1 Å². The first-order valence-electron chi connectivity index (χ1n) is 14.5. The molecule has 210 valence electrons. The number of anilines is 1. The molecule has 1 saturated carbocycles. The molecular weight excluding hydrogens is 526 g/mol. The Bertz CT molecular complexity index is 1290. The molecule has 6 atom stereocenters. The van der Waals surface area contributed by atoms with Gasteiger partial charge < -0.3 is 20.3 Å². The maximum atomic E-state index is 14.3. The highest BCUT2D eigenvalue weighted by molar-refractivity contribution is 6.30. The smallest absolute Gasteiger partial charge is 0.246 e. The van der Waals surface area contributed by atoms with Crippen LogP contribution in [0.5, 0.6) is 0 Å². The SMILES string of the molecule is CC(CCc1ccccc1)N1C(=O)[C@@H]2C(C(=O)Nc3ccc(Cl)cc3)[C@@H]3C=CC2(O3)C1C(=O)NC1CCCCC1. The largest absolute Gasteiger partial charge is 0.359 e. The summed E-state index contributed by atoms with van der Waals surface area (Å²) in [5, 5.41) is 6.77. The third-order valence-corrected chi connectivity index (χ3v) is 9.35. The monoisotopic (exact) mass is 561 g/mol. The maximum Gasteiger partial charge on any atom is 0.246 e. The highest BCUT2D eigenvalue weighted by Gasteiger charge is 2.73. The van der Waals surface area contributed by atoms with Crippen LogP contribution in [0, 0.1) is 11.8 Å². The Morgan fingerprint density at radius 2 is 1.77 bits per heavy atom. The fourth-order valence-corrected chi connectivity index (χ4v) is 7.25. The molecule has 2 bridgehead atoms. The van der Waals surface area contributed by atoms with Crippen molar-refractivity contribution in [2.24, 2.45) is 11.8 Å². The van der Waals surface area contributed by atoms with E-state index in [1.165, 1.54) is 12.0 Å². The van der Waals surface area contributed by atoms with Gasteiger partial charge in [0, 0.05) is 22.8 Å². The number of nitrogens with zero attached hydrogens (tertiary/aromatic N) is 1. The van der Waals surface area contributed by atoms with Crippen LogP contribution in [0.3, 0.4) is 0 Å². The van der Waals surface area contributed by atoms with Crippen molar-refractivity contribution in [1.29, 1.82) is 0 Å². The fraction of sp³-hybridized carbons (Fsp3) is 0.469. The molecule has 3 fully saturated rings. The minimum Gasteiger partial charge on any atom is -0.359 e. The Hall–Kier alpha value is -3.16. The predicted octanol–water partition coefficient (Wildman–Crippen LogP) is 4.90. The number of hydrogen-bond donors (Lipinski definition) is 2. The van der Waals surface area contributed by atoms with Crippen LogP contribution < -0.4 is 10.6 Å². The molecule has 3 heterocycles. The first kappa shape index (κ1) is 27.0. The average molecular weight is 562 g/mol. The average Bonchev–Trinajstić information content (AvgIpc) is 3.61. The van der Waals surface area contributed by atoms with Crippen molar-refractivity contribution in [1.82, 2.24) is 10.2 Å². The number of benzene rings is 2. The third kappa shape index (κ3) is 4.83. The van der Waals surface area contributed by atoms with Gasteiger partial charge in [-0.15, -0.1) is 0 Å². The van der Waals surface area contributed by atoms with E-state index < -0.39 is 29.6 Å². The molecule has 2 saturated heterocycles. The fourth-order valence-electron chi connectivity index (χ4n) is 7.13. The topological polar surface area (TPSA) is 87.7 Å². The van der Waals surface area contributed by atoms with Crippen LogP contribution in [-0.2, 0) is 25.5 Å². The van der Waals surface area contributed by atoms with Crippen LogP contribution in [0.25, 0.3) is 0 Å². The Morgan fingerprint density at radius 1 is 1.05 bits per heavy atom. The molecule has 2 N–H and O–H groups in total. The van der Waals surface area contributed by atoms with Gasteiger partial charge >= 0.3 is 0 Å². The molecule has 8 heteroatoms. The molecule has 3 aliphatic heterocycles. The normalized spacial score (nSPS) is 29.9. The van der Waals surface area contributed by atoms with Gasteiger partial charge in [-0.3, -0.25) is 14.4 Å². The Morgan fingerprint density at radius 3 is 2.50 bits per heavy atom. The highest BCUT2D eigenvalue weighted by Crippen LogP contribution is 2.56. The molecule has 2 aromatic carbocycles. The van der Waals surface area contributed by atoms with Gasteiger partial charge in [-0.1, -0.05) is 73.3 Å². The summed E-state index contributed by atoms with van der Waals surface area (Å²) in [5.74, 6) is -2.16. The van der Waals surface area contributed by atoms with Crippen LogP contribution in [0.15, 0.2) is 66.7 Å². The van der Waals surface area contributed by atoms with Crippen LogP contribution in [0.4, 0.5) is 5.69 Å². The first-order chi connectivity index (χ1) is 19.4. The highest BCUT2D eigenvalue weighted by atomic mass is 35.5.